The number of carbonyl (C=O) groups excluding carboxylic acids is 1. The summed E-state index contributed by atoms with van der Waals surface area (Å²) in [4.78, 5) is 12.6. The third-order valence-electron chi connectivity index (χ3n) is 5.64. The van der Waals surface area contributed by atoms with Crippen LogP contribution in [-0.4, -0.2) is 12.1 Å². The lowest BCUT2D eigenvalue weighted by Gasteiger charge is -2.29. The average molecular weight is 347 g/mol. The summed E-state index contributed by atoms with van der Waals surface area (Å²) >= 11 is 0. The summed E-state index contributed by atoms with van der Waals surface area (Å²) in [6.45, 7) is 0. The van der Waals surface area contributed by atoms with Gasteiger partial charge in [-0.15, -0.1) is 0 Å². The van der Waals surface area contributed by atoms with Crippen molar-refractivity contribution in [2.24, 2.45) is 11.8 Å². The molecule has 1 N–H and O–H groups in total. The lowest BCUT2D eigenvalue weighted by molar-refractivity contribution is -0.185. The van der Waals surface area contributed by atoms with Crippen molar-refractivity contribution in [3.8, 4) is 0 Å². The van der Waals surface area contributed by atoms with Crippen molar-refractivity contribution >= 4 is 22.4 Å². The summed E-state index contributed by atoms with van der Waals surface area (Å²) in [6, 6.07) is 9.95. The van der Waals surface area contributed by atoms with Crippen LogP contribution < -0.4 is 5.32 Å². The monoisotopic (exact) mass is 347 g/mol. The van der Waals surface area contributed by atoms with Gasteiger partial charge in [0.05, 0.1) is 5.92 Å². The molecule has 0 spiro atoms. The second-order valence-corrected chi connectivity index (χ2v) is 7.20. The van der Waals surface area contributed by atoms with Gasteiger partial charge in [0.1, 0.15) is 0 Å². The molecule has 4 rings (SSSR count). The van der Waals surface area contributed by atoms with E-state index in [0.717, 1.165) is 18.2 Å². The number of anilines is 1. The fraction of sp³-hybridized carbons (Fsp3) is 0.450. The molecule has 2 atom stereocenters. The highest BCUT2D eigenvalue weighted by atomic mass is 19.4. The smallest absolute Gasteiger partial charge is 0.325 e. The van der Waals surface area contributed by atoms with Crippen LogP contribution in [0.1, 0.15) is 36.8 Å². The van der Waals surface area contributed by atoms with Crippen LogP contribution in [0.2, 0.25) is 0 Å². The van der Waals surface area contributed by atoms with Crippen LogP contribution in [0.4, 0.5) is 18.9 Å². The number of hydrogen-bond acceptors (Lipinski definition) is 1. The van der Waals surface area contributed by atoms with Crippen molar-refractivity contribution in [2.45, 2.75) is 44.7 Å². The zero-order valence-corrected chi connectivity index (χ0v) is 13.8. The lowest BCUT2D eigenvalue weighted by atomic mass is 9.80. The largest absolute Gasteiger partial charge is 0.391 e. The van der Waals surface area contributed by atoms with Gasteiger partial charge in [0.2, 0.25) is 5.91 Å². The Hall–Kier alpha value is -2.04. The van der Waals surface area contributed by atoms with E-state index in [0.29, 0.717) is 18.5 Å². The lowest BCUT2D eigenvalue weighted by Crippen LogP contribution is -2.34. The van der Waals surface area contributed by atoms with E-state index in [1.165, 1.54) is 16.5 Å². The molecular formula is C20H20F3NO. The van der Waals surface area contributed by atoms with Crippen LogP contribution in [0.5, 0.6) is 0 Å². The van der Waals surface area contributed by atoms with Gasteiger partial charge < -0.3 is 5.32 Å². The van der Waals surface area contributed by atoms with Crippen LogP contribution in [0.3, 0.4) is 0 Å². The van der Waals surface area contributed by atoms with Crippen molar-refractivity contribution in [3.05, 3.63) is 41.5 Å². The van der Waals surface area contributed by atoms with Crippen LogP contribution in [0, 0.1) is 11.8 Å². The molecule has 132 valence electrons. The summed E-state index contributed by atoms with van der Waals surface area (Å²) in [5, 5.41) is 5.08. The fourth-order valence-corrected chi connectivity index (χ4v) is 4.32. The van der Waals surface area contributed by atoms with Gasteiger partial charge in [-0.25, -0.2) is 0 Å². The molecule has 25 heavy (non-hydrogen) atoms. The topological polar surface area (TPSA) is 29.1 Å². The molecule has 2 aromatic rings. The molecule has 0 saturated heterocycles. The van der Waals surface area contributed by atoms with E-state index in [1.807, 2.05) is 24.3 Å². The van der Waals surface area contributed by atoms with Crippen LogP contribution >= 0.6 is 0 Å². The molecule has 1 saturated carbocycles. The van der Waals surface area contributed by atoms with Gasteiger partial charge in [0, 0.05) is 17.0 Å². The summed E-state index contributed by atoms with van der Waals surface area (Å²) in [5.74, 6) is -2.21. The Labute approximate surface area is 144 Å². The van der Waals surface area contributed by atoms with E-state index in [-0.39, 0.29) is 18.7 Å². The Morgan fingerprint density at radius 1 is 1.04 bits per heavy atom. The zero-order valence-electron chi connectivity index (χ0n) is 13.8. The van der Waals surface area contributed by atoms with E-state index in [4.69, 9.17) is 0 Å². The minimum atomic E-state index is -4.21. The molecule has 2 aliphatic rings. The molecule has 2 unspecified atom stereocenters. The standard InChI is InChI=1S/C20H20F3NO/c21-20(22,23)15-5-1-4-14(11-15)19(25)24-17-10-9-13-8-7-12-3-2-6-16(17)18(12)13/h2-3,6,9-10,14-15H,1,4-5,7-8,11H2,(H,24,25). The molecule has 1 amide bonds. The quantitative estimate of drug-likeness (QED) is 0.790. The van der Waals surface area contributed by atoms with Gasteiger partial charge in [-0.05, 0) is 54.7 Å². The summed E-state index contributed by atoms with van der Waals surface area (Å²) < 4.78 is 38.9. The second-order valence-electron chi connectivity index (χ2n) is 7.20. The van der Waals surface area contributed by atoms with Gasteiger partial charge in [-0.3, -0.25) is 4.79 Å². The van der Waals surface area contributed by atoms with Crippen molar-refractivity contribution < 1.29 is 18.0 Å². The number of carbonyl (C=O) groups is 1. The number of hydrogen-bond donors (Lipinski definition) is 1. The first-order valence-electron chi connectivity index (χ1n) is 8.84. The maximum atomic E-state index is 13.0. The maximum Gasteiger partial charge on any atom is 0.391 e. The van der Waals surface area contributed by atoms with Crippen molar-refractivity contribution in [1.82, 2.24) is 0 Å². The number of aryl methyl sites for hydroxylation is 2. The van der Waals surface area contributed by atoms with Gasteiger partial charge in [0.25, 0.3) is 0 Å². The number of nitrogens with one attached hydrogen (secondary N) is 1. The summed E-state index contributed by atoms with van der Waals surface area (Å²) in [6.07, 6.45) is -1.20. The van der Waals surface area contributed by atoms with Crippen LogP contribution in [-0.2, 0) is 17.6 Å². The highest BCUT2D eigenvalue weighted by Crippen LogP contribution is 2.41. The first-order valence-corrected chi connectivity index (χ1v) is 8.84. The van der Waals surface area contributed by atoms with E-state index in [9.17, 15) is 18.0 Å². The fourth-order valence-electron chi connectivity index (χ4n) is 4.32. The van der Waals surface area contributed by atoms with Gasteiger partial charge in [-0.2, -0.15) is 13.2 Å². The average Bonchev–Trinajstić information content (AvgIpc) is 3.01. The maximum absolute atomic E-state index is 13.0. The van der Waals surface area contributed by atoms with E-state index < -0.39 is 18.0 Å². The third kappa shape index (κ3) is 3.00. The Bertz CT molecular complexity index is 817. The predicted molar refractivity (Wildman–Crippen MR) is 91.5 cm³/mol. The van der Waals surface area contributed by atoms with Crippen molar-refractivity contribution in [3.63, 3.8) is 0 Å². The molecule has 0 bridgehead atoms. The first kappa shape index (κ1) is 16.4. The molecular weight excluding hydrogens is 327 g/mol. The molecule has 5 heteroatoms. The predicted octanol–water partition coefficient (Wildman–Crippen LogP) is 5.25. The Morgan fingerprint density at radius 3 is 2.56 bits per heavy atom. The third-order valence-corrected chi connectivity index (χ3v) is 5.64. The molecule has 2 aromatic carbocycles. The summed E-state index contributed by atoms with van der Waals surface area (Å²) in [7, 11) is 0. The molecule has 2 nitrogen and oxygen atoms in total. The summed E-state index contributed by atoms with van der Waals surface area (Å²) in [5.41, 5.74) is 3.26. The van der Waals surface area contributed by atoms with E-state index >= 15 is 0 Å². The number of benzene rings is 2. The number of alkyl halides is 3. The van der Waals surface area contributed by atoms with E-state index in [1.54, 1.807) is 0 Å². The molecule has 0 heterocycles. The van der Waals surface area contributed by atoms with E-state index in [2.05, 4.69) is 11.4 Å². The Balaban J connectivity index is 1.57. The van der Waals surface area contributed by atoms with Gasteiger partial charge in [-0.1, -0.05) is 30.7 Å². The second kappa shape index (κ2) is 6.04. The number of rotatable bonds is 2. The van der Waals surface area contributed by atoms with Gasteiger partial charge >= 0.3 is 6.18 Å². The van der Waals surface area contributed by atoms with Crippen molar-refractivity contribution in [1.29, 1.82) is 0 Å². The number of halogens is 3. The molecule has 1 fully saturated rings. The van der Waals surface area contributed by atoms with Gasteiger partial charge in [0.15, 0.2) is 0 Å². The van der Waals surface area contributed by atoms with Crippen molar-refractivity contribution in [2.75, 3.05) is 5.32 Å². The first-order chi connectivity index (χ1) is 11.9. The Morgan fingerprint density at radius 2 is 1.80 bits per heavy atom. The van der Waals surface area contributed by atoms with Crippen LogP contribution in [0.15, 0.2) is 30.3 Å². The zero-order chi connectivity index (χ0) is 17.6. The Kier molecular flexibility index (Phi) is 3.97. The van der Waals surface area contributed by atoms with Crippen LogP contribution in [0.25, 0.3) is 10.8 Å². The number of amides is 1. The molecule has 0 aliphatic heterocycles. The minimum absolute atomic E-state index is 0.101. The molecule has 0 radical (unpaired) electrons. The highest BCUT2D eigenvalue weighted by Gasteiger charge is 2.43. The molecule has 2 aliphatic carbocycles. The normalized spacial score (nSPS) is 23.0. The minimum Gasteiger partial charge on any atom is -0.325 e. The molecule has 0 aromatic heterocycles. The SMILES string of the molecule is O=C(Nc1ccc2c3c(cccc13)CC2)C1CCCC(C(F)(F)F)C1. The highest BCUT2D eigenvalue weighted by molar-refractivity contribution is 6.05.